The van der Waals surface area contributed by atoms with Gasteiger partial charge in [-0.15, -0.1) is 0 Å². The van der Waals surface area contributed by atoms with Crippen molar-refractivity contribution in [3.8, 4) is 11.1 Å². The number of rotatable bonds is 1. The Morgan fingerprint density at radius 3 is 2.42 bits per heavy atom. The molecule has 0 saturated carbocycles. The first-order chi connectivity index (χ1) is 9.15. The van der Waals surface area contributed by atoms with Crippen LogP contribution in [0.2, 0.25) is 0 Å². The number of H-pyrrole nitrogens is 2. The van der Waals surface area contributed by atoms with Crippen molar-refractivity contribution in [1.29, 1.82) is 0 Å². The summed E-state index contributed by atoms with van der Waals surface area (Å²) in [6.45, 7) is 0. The summed E-state index contributed by atoms with van der Waals surface area (Å²) >= 11 is 0. The van der Waals surface area contributed by atoms with Gasteiger partial charge in [0, 0.05) is 11.6 Å². The van der Waals surface area contributed by atoms with E-state index >= 15 is 0 Å². The lowest BCUT2D eigenvalue weighted by atomic mass is 10.0. The summed E-state index contributed by atoms with van der Waals surface area (Å²) in [4.78, 5) is 39.0. The minimum atomic E-state index is -0.717. The van der Waals surface area contributed by atoms with Crippen LogP contribution in [0.5, 0.6) is 0 Å². The molecule has 2 heterocycles. The summed E-state index contributed by atoms with van der Waals surface area (Å²) in [5.74, 6) is 0. The van der Waals surface area contributed by atoms with Gasteiger partial charge in [0.1, 0.15) is 5.39 Å². The van der Waals surface area contributed by atoms with Crippen molar-refractivity contribution in [2.75, 3.05) is 0 Å². The number of hydrogen-bond acceptors (Lipinski definition) is 4. The minimum Gasteiger partial charge on any atom is -0.405 e. The first-order valence-corrected chi connectivity index (χ1v) is 5.51. The standard InChI is InChI=1S/C13H8N2O4/c16-9-6-8(7-4-2-1-3-5-7)10-11(17)14-13(18)15-12(10)19-9/h1-6H,(H2,14,15,17,18). The fourth-order valence-electron chi connectivity index (χ4n) is 1.95. The predicted molar refractivity (Wildman–Crippen MR) is 69.2 cm³/mol. The van der Waals surface area contributed by atoms with Gasteiger partial charge in [0.05, 0.1) is 0 Å². The molecule has 0 unspecified atom stereocenters. The van der Waals surface area contributed by atoms with Gasteiger partial charge in [-0.3, -0.25) is 14.8 Å². The van der Waals surface area contributed by atoms with Crippen molar-refractivity contribution in [2.45, 2.75) is 0 Å². The van der Waals surface area contributed by atoms with Crippen molar-refractivity contribution in [3.63, 3.8) is 0 Å². The Kier molecular flexibility index (Phi) is 2.42. The van der Waals surface area contributed by atoms with Gasteiger partial charge in [0.15, 0.2) is 0 Å². The highest BCUT2D eigenvalue weighted by molar-refractivity contribution is 5.90. The summed E-state index contributed by atoms with van der Waals surface area (Å²) in [5.41, 5.74) is -0.956. The van der Waals surface area contributed by atoms with Crippen molar-refractivity contribution in [2.24, 2.45) is 0 Å². The number of hydrogen-bond donors (Lipinski definition) is 2. The van der Waals surface area contributed by atoms with Crippen LogP contribution in [0.4, 0.5) is 0 Å². The van der Waals surface area contributed by atoms with Crippen LogP contribution in [0.25, 0.3) is 22.2 Å². The van der Waals surface area contributed by atoms with Crippen molar-refractivity contribution < 1.29 is 4.42 Å². The summed E-state index contributed by atoms with van der Waals surface area (Å²) in [7, 11) is 0. The summed E-state index contributed by atoms with van der Waals surface area (Å²) in [6.07, 6.45) is 0. The molecule has 19 heavy (non-hydrogen) atoms. The normalized spacial score (nSPS) is 10.7. The Morgan fingerprint density at radius 2 is 1.68 bits per heavy atom. The van der Waals surface area contributed by atoms with E-state index < -0.39 is 16.9 Å². The van der Waals surface area contributed by atoms with E-state index in [-0.39, 0.29) is 11.1 Å². The van der Waals surface area contributed by atoms with Crippen LogP contribution in [0.1, 0.15) is 0 Å². The molecule has 0 saturated heterocycles. The van der Waals surface area contributed by atoms with Crippen LogP contribution in [-0.4, -0.2) is 9.97 Å². The Labute approximate surface area is 105 Å². The van der Waals surface area contributed by atoms with Crippen LogP contribution in [0.3, 0.4) is 0 Å². The quantitative estimate of drug-likeness (QED) is 0.674. The third kappa shape index (κ3) is 1.89. The second-order valence-electron chi connectivity index (χ2n) is 3.96. The number of nitrogens with one attached hydrogen (secondary N) is 2. The molecular weight excluding hydrogens is 248 g/mol. The average molecular weight is 256 g/mol. The molecule has 0 bridgehead atoms. The molecule has 3 rings (SSSR count). The third-order valence-electron chi connectivity index (χ3n) is 2.73. The molecule has 0 amide bonds. The molecule has 0 spiro atoms. The number of aromatic amines is 2. The molecule has 0 radical (unpaired) electrons. The maximum Gasteiger partial charge on any atom is 0.338 e. The number of fused-ring (bicyclic) bond motifs is 1. The monoisotopic (exact) mass is 256 g/mol. The Bertz CT molecular complexity index is 914. The highest BCUT2D eigenvalue weighted by atomic mass is 16.4. The van der Waals surface area contributed by atoms with E-state index in [9.17, 15) is 14.4 Å². The molecule has 0 aliphatic carbocycles. The lowest BCUT2D eigenvalue weighted by Gasteiger charge is -2.03. The lowest BCUT2D eigenvalue weighted by Crippen LogP contribution is -2.23. The highest BCUT2D eigenvalue weighted by Crippen LogP contribution is 2.22. The van der Waals surface area contributed by atoms with Crippen LogP contribution in [0, 0.1) is 0 Å². The minimum absolute atomic E-state index is 0.125. The van der Waals surface area contributed by atoms with Gasteiger partial charge in [0.25, 0.3) is 5.56 Å². The Balaban J connectivity index is 2.53. The maximum atomic E-state index is 11.9. The van der Waals surface area contributed by atoms with Crippen molar-refractivity contribution >= 4 is 11.1 Å². The first kappa shape index (κ1) is 11.2. The molecule has 3 aromatic rings. The van der Waals surface area contributed by atoms with E-state index in [0.717, 1.165) is 0 Å². The molecule has 94 valence electrons. The third-order valence-corrected chi connectivity index (χ3v) is 2.73. The molecule has 0 aliphatic heterocycles. The van der Waals surface area contributed by atoms with Gasteiger partial charge in [-0.25, -0.2) is 9.59 Å². The zero-order chi connectivity index (χ0) is 13.4. The van der Waals surface area contributed by atoms with E-state index in [0.29, 0.717) is 11.1 Å². The Morgan fingerprint density at radius 1 is 0.947 bits per heavy atom. The predicted octanol–water partition coefficient (Wildman–Crippen LogP) is 0.837. The van der Waals surface area contributed by atoms with E-state index in [2.05, 4.69) is 9.97 Å². The Hall–Kier alpha value is -2.89. The molecule has 2 N–H and O–H groups in total. The van der Waals surface area contributed by atoms with E-state index in [4.69, 9.17) is 4.42 Å². The van der Waals surface area contributed by atoms with Gasteiger partial charge >= 0.3 is 11.3 Å². The zero-order valence-electron chi connectivity index (χ0n) is 9.60. The number of benzene rings is 1. The van der Waals surface area contributed by atoms with E-state index in [1.165, 1.54) is 6.07 Å². The SMILES string of the molecule is O=c1[nH]c(=O)c2c(-c3ccccc3)cc(=O)oc2[nH]1. The fourth-order valence-corrected chi connectivity index (χ4v) is 1.95. The van der Waals surface area contributed by atoms with Crippen LogP contribution in [-0.2, 0) is 0 Å². The first-order valence-electron chi connectivity index (χ1n) is 5.51. The molecule has 0 aliphatic rings. The van der Waals surface area contributed by atoms with Crippen LogP contribution in [0.15, 0.2) is 55.2 Å². The largest absolute Gasteiger partial charge is 0.405 e. The van der Waals surface area contributed by atoms with E-state index in [1.807, 2.05) is 6.07 Å². The molecule has 0 fully saturated rings. The molecule has 0 atom stereocenters. The lowest BCUT2D eigenvalue weighted by molar-refractivity contribution is 0.547. The number of aromatic nitrogens is 2. The fraction of sp³-hybridized carbons (Fsp3) is 0. The molecule has 6 nitrogen and oxygen atoms in total. The molecule has 1 aromatic carbocycles. The van der Waals surface area contributed by atoms with Gasteiger partial charge in [-0.1, -0.05) is 30.3 Å². The van der Waals surface area contributed by atoms with E-state index in [1.54, 1.807) is 24.3 Å². The van der Waals surface area contributed by atoms with Crippen molar-refractivity contribution in [3.05, 3.63) is 67.7 Å². The average Bonchev–Trinajstić information content (AvgIpc) is 2.38. The van der Waals surface area contributed by atoms with Crippen LogP contribution >= 0.6 is 0 Å². The smallest absolute Gasteiger partial charge is 0.338 e. The summed E-state index contributed by atoms with van der Waals surface area (Å²) in [6, 6.07) is 10.2. The second kappa shape index (κ2) is 4.09. The van der Waals surface area contributed by atoms with Gasteiger partial charge in [-0.05, 0) is 5.56 Å². The summed E-state index contributed by atoms with van der Waals surface area (Å²) < 4.78 is 4.85. The van der Waals surface area contributed by atoms with Gasteiger partial charge in [0.2, 0.25) is 5.71 Å². The maximum absolute atomic E-state index is 11.9. The van der Waals surface area contributed by atoms with Gasteiger partial charge < -0.3 is 4.42 Å². The summed E-state index contributed by atoms with van der Waals surface area (Å²) in [5, 5.41) is 0.144. The molecule has 6 heteroatoms. The zero-order valence-corrected chi connectivity index (χ0v) is 9.60. The molecular formula is C13H8N2O4. The topological polar surface area (TPSA) is 95.9 Å². The second-order valence-corrected chi connectivity index (χ2v) is 3.96. The van der Waals surface area contributed by atoms with Crippen LogP contribution < -0.4 is 16.9 Å². The van der Waals surface area contributed by atoms with Gasteiger partial charge in [-0.2, -0.15) is 0 Å². The van der Waals surface area contributed by atoms with Crippen molar-refractivity contribution in [1.82, 2.24) is 9.97 Å². The highest BCUT2D eigenvalue weighted by Gasteiger charge is 2.12. The molecule has 2 aromatic heterocycles.